The molecule has 0 aliphatic carbocycles. The van der Waals surface area contributed by atoms with Gasteiger partial charge in [0.25, 0.3) is 0 Å². The monoisotopic (exact) mass is 266 g/mol. The molecule has 7 nitrogen and oxygen atoms in total. The first kappa shape index (κ1) is 14.7. The summed E-state index contributed by atoms with van der Waals surface area (Å²) < 4.78 is 0. The van der Waals surface area contributed by atoms with E-state index in [0.29, 0.717) is 5.69 Å². The number of hydrazine groups is 1. The minimum atomic E-state index is -1.10. The van der Waals surface area contributed by atoms with Crippen molar-refractivity contribution in [3.8, 4) is 0 Å². The molecule has 0 amide bonds. The third kappa shape index (κ3) is 4.76. The lowest BCUT2D eigenvalue weighted by molar-refractivity contribution is -0.139. The van der Waals surface area contributed by atoms with Crippen LogP contribution in [0.4, 0.5) is 5.69 Å². The predicted molar refractivity (Wildman–Crippen MR) is 66.9 cm³/mol. The third-order valence-electron chi connectivity index (χ3n) is 2.37. The molecule has 0 bridgehead atoms. The maximum absolute atomic E-state index is 11.2. The Morgan fingerprint density at radius 3 is 2.47 bits per heavy atom. The number of carboxylic acids is 2. The zero-order valence-corrected chi connectivity index (χ0v) is 10.2. The maximum Gasteiger partial charge on any atom is 0.335 e. The van der Waals surface area contributed by atoms with Gasteiger partial charge in [-0.15, -0.1) is 0 Å². The normalized spacial score (nSPS) is 11.6. The quantitative estimate of drug-likeness (QED) is 0.538. The van der Waals surface area contributed by atoms with Gasteiger partial charge in [-0.1, -0.05) is 6.07 Å². The van der Waals surface area contributed by atoms with Crippen molar-refractivity contribution in [2.45, 2.75) is 19.4 Å². The first-order chi connectivity index (χ1) is 8.90. The Morgan fingerprint density at radius 1 is 1.26 bits per heavy atom. The maximum atomic E-state index is 11.2. The molecular weight excluding hydrogens is 252 g/mol. The highest BCUT2D eigenvalue weighted by Crippen LogP contribution is 2.10. The smallest absolute Gasteiger partial charge is 0.335 e. The molecule has 1 aromatic carbocycles. The number of benzene rings is 1. The summed E-state index contributed by atoms with van der Waals surface area (Å²) in [5.74, 6) is -2.50. The Kier molecular flexibility index (Phi) is 5.01. The van der Waals surface area contributed by atoms with E-state index in [1.807, 2.05) is 0 Å². The molecule has 0 saturated carbocycles. The van der Waals surface area contributed by atoms with Gasteiger partial charge in [0.05, 0.1) is 18.0 Å². The molecule has 0 aromatic heterocycles. The van der Waals surface area contributed by atoms with Crippen LogP contribution >= 0.6 is 0 Å². The van der Waals surface area contributed by atoms with E-state index < -0.39 is 18.0 Å². The zero-order valence-electron chi connectivity index (χ0n) is 10.2. The molecule has 0 heterocycles. The van der Waals surface area contributed by atoms with Gasteiger partial charge in [0, 0.05) is 5.69 Å². The zero-order chi connectivity index (χ0) is 14.4. The second-order valence-electron chi connectivity index (χ2n) is 3.92. The average Bonchev–Trinajstić information content (AvgIpc) is 2.34. The molecule has 1 atom stereocenters. The van der Waals surface area contributed by atoms with Crippen molar-refractivity contribution in [3.63, 3.8) is 0 Å². The summed E-state index contributed by atoms with van der Waals surface area (Å²) in [6.45, 7) is 1.27. The van der Waals surface area contributed by atoms with Crippen molar-refractivity contribution >= 4 is 23.4 Å². The predicted octanol–water partition coefficient (Wildman–Crippen LogP) is 0.734. The van der Waals surface area contributed by atoms with Crippen molar-refractivity contribution in [2.24, 2.45) is 0 Å². The Morgan fingerprint density at radius 2 is 1.95 bits per heavy atom. The van der Waals surface area contributed by atoms with E-state index in [4.69, 9.17) is 10.2 Å². The number of hydrogen-bond acceptors (Lipinski definition) is 5. The number of carbonyl (C=O) groups excluding carboxylic acids is 1. The molecule has 19 heavy (non-hydrogen) atoms. The fourth-order valence-corrected chi connectivity index (χ4v) is 1.37. The summed E-state index contributed by atoms with van der Waals surface area (Å²) in [5.41, 5.74) is 5.70. The third-order valence-corrected chi connectivity index (χ3v) is 2.37. The first-order valence-electron chi connectivity index (χ1n) is 5.47. The second kappa shape index (κ2) is 6.50. The van der Waals surface area contributed by atoms with Gasteiger partial charge in [-0.05, 0) is 25.1 Å². The number of aliphatic carboxylic acids is 1. The van der Waals surface area contributed by atoms with Crippen molar-refractivity contribution < 1.29 is 24.6 Å². The summed E-state index contributed by atoms with van der Waals surface area (Å²) in [6.07, 6.45) is -0.360. The number of carbonyl (C=O) groups is 3. The van der Waals surface area contributed by atoms with E-state index in [-0.39, 0.29) is 17.8 Å². The highest BCUT2D eigenvalue weighted by Gasteiger charge is 2.17. The van der Waals surface area contributed by atoms with Crippen molar-refractivity contribution in [3.05, 3.63) is 29.8 Å². The van der Waals surface area contributed by atoms with Gasteiger partial charge in [0.15, 0.2) is 0 Å². The van der Waals surface area contributed by atoms with Crippen LogP contribution in [-0.2, 0) is 9.59 Å². The molecule has 0 fully saturated rings. The van der Waals surface area contributed by atoms with Gasteiger partial charge in [0.1, 0.15) is 5.78 Å². The average molecular weight is 266 g/mol. The fraction of sp³-hybridized carbons (Fsp3) is 0.250. The number of rotatable bonds is 7. The summed E-state index contributed by atoms with van der Waals surface area (Å²) in [6, 6.07) is 5.04. The summed E-state index contributed by atoms with van der Waals surface area (Å²) in [7, 11) is 0. The lowest BCUT2D eigenvalue weighted by atomic mass is 10.1. The minimum absolute atomic E-state index is 0.0874. The summed E-state index contributed by atoms with van der Waals surface area (Å²) in [5, 5.41) is 17.5. The summed E-state index contributed by atoms with van der Waals surface area (Å²) in [4.78, 5) is 32.6. The topological polar surface area (TPSA) is 116 Å². The molecule has 1 rings (SSSR count). The lowest BCUT2D eigenvalue weighted by Gasteiger charge is -2.15. The van der Waals surface area contributed by atoms with Crippen LogP contribution in [0.3, 0.4) is 0 Å². The molecule has 0 aliphatic rings. The van der Waals surface area contributed by atoms with Gasteiger partial charge in [-0.3, -0.25) is 9.59 Å². The molecule has 0 spiro atoms. The van der Waals surface area contributed by atoms with Crippen LogP contribution < -0.4 is 10.9 Å². The number of carboxylic acid groups (broad SMARTS) is 2. The molecule has 0 unspecified atom stereocenters. The Bertz CT molecular complexity index is 501. The van der Waals surface area contributed by atoms with Crippen LogP contribution in [0.5, 0.6) is 0 Å². The van der Waals surface area contributed by atoms with E-state index in [9.17, 15) is 14.4 Å². The SMILES string of the molecule is CC(=O)[C@H](CC(=O)O)NNc1cccc(C(=O)O)c1. The van der Waals surface area contributed by atoms with Crippen LogP contribution in [0, 0.1) is 0 Å². The van der Waals surface area contributed by atoms with Crippen LogP contribution in [0.25, 0.3) is 0 Å². The fourth-order valence-electron chi connectivity index (χ4n) is 1.37. The number of Topliss-reactive ketones (excluding diaryl/α,β-unsaturated/α-hetero) is 1. The molecule has 0 saturated heterocycles. The Balaban J connectivity index is 2.68. The standard InChI is InChI=1S/C12H14N2O5/c1-7(15)10(6-11(16)17)14-13-9-4-2-3-8(5-9)12(18)19/h2-5,10,13-14H,6H2,1H3,(H,16,17)(H,18,19)/t10-/m0/s1. The van der Waals surface area contributed by atoms with Crippen molar-refractivity contribution in [2.75, 3.05) is 5.43 Å². The lowest BCUT2D eigenvalue weighted by Crippen LogP contribution is -2.40. The summed E-state index contributed by atoms with van der Waals surface area (Å²) >= 11 is 0. The van der Waals surface area contributed by atoms with E-state index in [2.05, 4.69) is 10.9 Å². The molecule has 4 N–H and O–H groups in total. The second-order valence-corrected chi connectivity index (χ2v) is 3.92. The van der Waals surface area contributed by atoms with Crippen LogP contribution in [0.2, 0.25) is 0 Å². The van der Waals surface area contributed by atoms with Gasteiger partial charge >= 0.3 is 11.9 Å². The van der Waals surface area contributed by atoms with Gasteiger partial charge in [-0.2, -0.15) is 0 Å². The van der Waals surface area contributed by atoms with Crippen LogP contribution in [0.15, 0.2) is 24.3 Å². The highest BCUT2D eigenvalue weighted by atomic mass is 16.4. The van der Waals surface area contributed by atoms with Crippen LogP contribution in [-0.4, -0.2) is 34.0 Å². The Hall–Kier alpha value is -2.41. The highest BCUT2D eigenvalue weighted by molar-refractivity contribution is 5.89. The molecule has 0 aliphatic heterocycles. The van der Waals surface area contributed by atoms with E-state index in [0.717, 1.165) is 0 Å². The number of nitrogens with one attached hydrogen (secondary N) is 2. The van der Waals surface area contributed by atoms with E-state index in [1.54, 1.807) is 6.07 Å². The number of aromatic carboxylic acids is 1. The van der Waals surface area contributed by atoms with Gasteiger partial charge in [-0.25, -0.2) is 10.2 Å². The van der Waals surface area contributed by atoms with Gasteiger partial charge in [0.2, 0.25) is 0 Å². The minimum Gasteiger partial charge on any atom is -0.481 e. The number of ketones is 1. The molecular formula is C12H14N2O5. The molecule has 1 aromatic rings. The molecule has 0 radical (unpaired) electrons. The number of anilines is 1. The van der Waals surface area contributed by atoms with Crippen molar-refractivity contribution in [1.82, 2.24) is 5.43 Å². The first-order valence-corrected chi connectivity index (χ1v) is 5.47. The molecule has 102 valence electrons. The van der Waals surface area contributed by atoms with E-state index in [1.165, 1.54) is 25.1 Å². The number of hydrogen-bond donors (Lipinski definition) is 4. The van der Waals surface area contributed by atoms with Gasteiger partial charge < -0.3 is 15.6 Å². The van der Waals surface area contributed by atoms with E-state index >= 15 is 0 Å². The molecule has 7 heteroatoms. The van der Waals surface area contributed by atoms with Crippen LogP contribution in [0.1, 0.15) is 23.7 Å². The Labute approximate surface area is 109 Å². The largest absolute Gasteiger partial charge is 0.481 e. The van der Waals surface area contributed by atoms with Crippen molar-refractivity contribution in [1.29, 1.82) is 0 Å².